The summed E-state index contributed by atoms with van der Waals surface area (Å²) in [5, 5.41) is 0. The largest absolute Gasteiger partial charge is 0.345 e. The minimum Gasteiger partial charge on any atom is -0.297 e. The Labute approximate surface area is 152 Å². The molecule has 0 aliphatic carbocycles. The first-order valence-electron chi connectivity index (χ1n) is 8.15. The molecule has 2 aromatic carbocycles. The Kier molecular flexibility index (Phi) is 7.00. The van der Waals surface area contributed by atoms with Crippen LogP contribution in [0.2, 0.25) is 0 Å². The molecule has 2 rings (SSSR count). The molecule has 0 bridgehead atoms. The lowest BCUT2D eigenvalue weighted by molar-refractivity contribution is -0.295. The summed E-state index contributed by atoms with van der Waals surface area (Å²) in [6, 6.07) is 17.5. The van der Waals surface area contributed by atoms with E-state index in [1.165, 1.54) is 0 Å². The Balaban J connectivity index is 2.12. The second-order valence-electron chi connectivity index (χ2n) is 6.37. The Bertz CT molecular complexity index is 638. The van der Waals surface area contributed by atoms with Crippen LogP contribution in [0.1, 0.15) is 44.4 Å². The van der Waals surface area contributed by atoms with Gasteiger partial charge in [-0.3, -0.25) is 4.89 Å². The van der Waals surface area contributed by atoms with Crippen molar-refractivity contribution in [3.63, 3.8) is 0 Å². The van der Waals surface area contributed by atoms with Crippen molar-refractivity contribution >= 4 is 21.9 Å². The predicted molar refractivity (Wildman–Crippen MR) is 98.2 cm³/mol. The van der Waals surface area contributed by atoms with Gasteiger partial charge in [0.15, 0.2) is 6.10 Å². The predicted octanol–water partition coefficient (Wildman–Crippen LogP) is 5.70. The zero-order valence-electron chi connectivity index (χ0n) is 14.2. The van der Waals surface area contributed by atoms with E-state index in [1.54, 1.807) is 0 Å². The first-order valence-corrected chi connectivity index (χ1v) is 8.94. The van der Waals surface area contributed by atoms with Gasteiger partial charge in [0, 0.05) is 4.47 Å². The number of hydrogen-bond donors (Lipinski definition) is 0. The summed E-state index contributed by atoms with van der Waals surface area (Å²) in [5.41, 5.74) is 1.86. The van der Waals surface area contributed by atoms with Gasteiger partial charge >= 0.3 is 5.97 Å². The summed E-state index contributed by atoms with van der Waals surface area (Å²) in [6.45, 7) is 6.03. The van der Waals surface area contributed by atoms with Crippen LogP contribution >= 0.6 is 15.9 Å². The van der Waals surface area contributed by atoms with Crippen molar-refractivity contribution in [2.24, 2.45) is 11.8 Å². The normalized spacial score (nSPS) is 13.5. The Hall–Kier alpha value is -1.65. The lowest BCUT2D eigenvalue weighted by atomic mass is 9.99. The fraction of sp³-hybridized carbons (Fsp3) is 0.350. The van der Waals surface area contributed by atoms with Crippen molar-refractivity contribution < 1.29 is 14.6 Å². The number of carbonyl (C=O) groups excluding carboxylic acids is 1. The van der Waals surface area contributed by atoms with Crippen molar-refractivity contribution in [1.82, 2.24) is 0 Å². The molecule has 4 heteroatoms. The minimum absolute atomic E-state index is 0.189. The standard InChI is InChI=1S/C20H23BrO3/c1-14(2)13-15(3)20(22)24-23-19(16-7-5-4-6-8-16)17-9-11-18(21)12-10-17/h4-12,14-15,19H,13H2,1-3H3/t15-,19+/m0/s1. The van der Waals surface area contributed by atoms with Crippen LogP contribution in [0.5, 0.6) is 0 Å². The molecule has 0 radical (unpaired) electrons. The molecule has 0 aliphatic heterocycles. The summed E-state index contributed by atoms with van der Waals surface area (Å²) < 4.78 is 0.987. The highest BCUT2D eigenvalue weighted by Gasteiger charge is 2.22. The van der Waals surface area contributed by atoms with E-state index < -0.39 is 6.10 Å². The van der Waals surface area contributed by atoms with Crippen LogP contribution in [0.4, 0.5) is 0 Å². The lowest BCUT2D eigenvalue weighted by Crippen LogP contribution is -2.19. The van der Waals surface area contributed by atoms with Crippen LogP contribution in [0.3, 0.4) is 0 Å². The van der Waals surface area contributed by atoms with Crippen LogP contribution in [0, 0.1) is 11.8 Å². The summed E-state index contributed by atoms with van der Waals surface area (Å²) in [4.78, 5) is 22.9. The second-order valence-corrected chi connectivity index (χ2v) is 7.29. The highest BCUT2D eigenvalue weighted by molar-refractivity contribution is 9.10. The van der Waals surface area contributed by atoms with Gasteiger partial charge in [0.2, 0.25) is 0 Å². The van der Waals surface area contributed by atoms with Crippen LogP contribution in [-0.4, -0.2) is 5.97 Å². The third kappa shape index (κ3) is 5.46. The monoisotopic (exact) mass is 390 g/mol. The molecule has 128 valence electrons. The smallest absolute Gasteiger partial charge is 0.297 e. The molecule has 2 atom stereocenters. The zero-order valence-corrected chi connectivity index (χ0v) is 15.8. The topological polar surface area (TPSA) is 35.5 Å². The van der Waals surface area contributed by atoms with E-state index in [2.05, 4.69) is 29.8 Å². The highest BCUT2D eigenvalue weighted by Crippen LogP contribution is 2.28. The average Bonchev–Trinajstić information content (AvgIpc) is 2.56. The molecule has 0 spiro atoms. The molecule has 0 heterocycles. The van der Waals surface area contributed by atoms with Crippen LogP contribution in [-0.2, 0) is 14.6 Å². The number of benzene rings is 2. The van der Waals surface area contributed by atoms with Crippen LogP contribution in [0.15, 0.2) is 59.1 Å². The van der Waals surface area contributed by atoms with Crippen molar-refractivity contribution in [2.75, 3.05) is 0 Å². The van der Waals surface area contributed by atoms with E-state index in [9.17, 15) is 4.79 Å². The maximum absolute atomic E-state index is 12.1. The number of carbonyl (C=O) groups is 1. The molecule has 0 unspecified atom stereocenters. The van der Waals surface area contributed by atoms with Crippen molar-refractivity contribution in [2.45, 2.75) is 33.3 Å². The van der Waals surface area contributed by atoms with E-state index in [1.807, 2.05) is 61.5 Å². The van der Waals surface area contributed by atoms with Gasteiger partial charge in [-0.05, 0) is 35.6 Å². The van der Waals surface area contributed by atoms with E-state index >= 15 is 0 Å². The van der Waals surface area contributed by atoms with E-state index in [-0.39, 0.29) is 11.9 Å². The van der Waals surface area contributed by atoms with E-state index in [0.717, 1.165) is 22.0 Å². The van der Waals surface area contributed by atoms with Gasteiger partial charge in [0.05, 0.1) is 5.92 Å². The Morgan fingerprint density at radius 2 is 1.54 bits per heavy atom. The molecule has 0 aliphatic rings. The average molecular weight is 391 g/mol. The molecule has 24 heavy (non-hydrogen) atoms. The van der Waals surface area contributed by atoms with Crippen LogP contribution < -0.4 is 0 Å². The molecular formula is C20H23BrO3. The molecule has 2 aromatic rings. The molecule has 0 fully saturated rings. The van der Waals surface area contributed by atoms with Crippen molar-refractivity contribution in [3.05, 3.63) is 70.2 Å². The molecule has 0 saturated carbocycles. The Morgan fingerprint density at radius 1 is 0.958 bits per heavy atom. The second kappa shape index (κ2) is 9.00. The summed E-state index contributed by atoms with van der Waals surface area (Å²) in [6.07, 6.45) is 0.325. The number of halogens is 1. The molecule has 0 amide bonds. The minimum atomic E-state index is -0.450. The van der Waals surface area contributed by atoms with E-state index in [4.69, 9.17) is 9.78 Å². The molecule has 0 aromatic heterocycles. The SMILES string of the molecule is CC(C)C[C@H](C)C(=O)OO[C@H](c1ccccc1)c1ccc(Br)cc1. The maximum Gasteiger partial charge on any atom is 0.345 e. The van der Waals surface area contributed by atoms with Gasteiger partial charge in [-0.2, -0.15) is 4.89 Å². The zero-order chi connectivity index (χ0) is 17.5. The summed E-state index contributed by atoms with van der Waals surface area (Å²) in [7, 11) is 0. The maximum atomic E-state index is 12.1. The van der Waals surface area contributed by atoms with Gasteiger partial charge in [0.25, 0.3) is 0 Å². The number of hydrogen-bond acceptors (Lipinski definition) is 3. The van der Waals surface area contributed by atoms with Gasteiger partial charge in [0.1, 0.15) is 0 Å². The van der Waals surface area contributed by atoms with Gasteiger partial charge in [-0.15, -0.1) is 0 Å². The summed E-state index contributed by atoms with van der Waals surface area (Å²) >= 11 is 3.43. The summed E-state index contributed by atoms with van der Waals surface area (Å²) in [5.74, 6) is -0.0861. The number of rotatable bonds is 7. The Morgan fingerprint density at radius 3 is 2.12 bits per heavy atom. The van der Waals surface area contributed by atoms with Crippen LogP contribution in [0.25, 0.3) is 0 Å². The molecular weight excluding hydrogens is 368 g/mol. The third-order valence-corrected chi connectivity index (χ3v) is 4.26. The molecule has 0 N–H and O–H groups in total. The molecule has 3 nitrogen and oxygen atoms in total. The lowest BCUT2D eigenvalue weighted by Gasteiger charge is -2.19. The first kappa shape index (κ1) is 18.7. The van der Waals surface area contributed by atoms with Crippen molar-refractivity contribution in [3.8, 4) is 0 Å². The first-order chi connectivity index (χ1) is 11.5. The highest BCUT2D eigenvalue weighted by atomic mass is 79.9. The third-order valence-electron chi connectivity index (χ3n) is 3.73. The fourth-order valence-electron chi connectivity index (χ4n) is 2.55. The van der Waals surface area contributed by atoms with E-state index in [0.29, 0.717) is 5.92 Å². The van der Waals surface area contributed by atoms with Gasteiger partial charge in [-0.1, -0.05) is 79.2 Å². The van der Waals surface area contributed by atoms with Gasteiger partial charge < -0.3 is 0 Å². The molecule has 0 saturated heterocycles. The quantitative estimate of drug-likeness (QED) is 0.449. The fourth-order valence-corrected chi connectivity index (χ4v) is 2.81. The van der Waals surface area contributed by atoms with Gasteiger partial charge in [-0.25, -0.2) is 4.79 Å². The van der Waals surface area contributed by atoms with Crippen molar-refractivity contribution in [1.29, 1.82) is 0 Å².